The van der Waals surface area contributed by atoms with E-state index in [1.165, 1.54) is 17.8 Å². The lowest BCUT2D eigenvalue weighted by molar-refractivity contribution is -0.380. The van der Waals surface area contributed by atoms with E-state index in [1.54, 1.807) is 18.3 Å². The molecule has 0 aliphatic carbocycles. The van der Waals surface area contributed by atoms with E-state index >= 15 is 0 Å². The number of amides is 1. The second-order valence-electron chi connectivity index (χ2n) is 4.29. The Kier molecular flexibility index (Phi) is 3.90. The van der Waals surface area contributed by atoms with E-state index in [2.05, 4.69) is 15.3 Å². The average molecular weight is 334 g/mol. The zero-order valence-electron chi connectivity index (χ0n) is 11.4. The lowest BCUT2D eigenvalue weighted by atomic mass is 10.1. The van der Waals surface area contributed by atoms with Crippen molar-refractivity contribution in [2.75, 3.05) is 11.1 Å². The van der Waals surface area contributed by atoms with Crippen molar-refractivity contribution in [2.45, 2.75) is 12.1 Å². The molecule has 0 aromatic carbocycles. The quantitative estimate of drug-likeness (QED) is 0.303. The summed E-state index contributed by atoms with van der Waals surface area (Å²) in [6.45, 7) is 1.99. The number of carbonyl (C=O) groups excluding carboxylic acids is 1. The zero-order valence-corrected chi connectivity index (χ0v) is 13.0. The first-order valence-electron chi connectivity index (χ1n) is 6.36. The van der Waals surface area contributed by atoms with E-state index < -0.39 is 4.92 Å². The number of hydrogen-bond acceptors (Lipinski definition) is 7. The molecule has 3 rings (SSSR count). The molecule has 0 fully saturated rings. The first kappa shape index (κ1) is 14.7. The molecule has 0 atom stereocenters. The highest BCUT2D eigenvalue weighted by Gasteiger charge is 2.26. The molecule has 0 spiro atoms. The highest BCUT2D eigenvalue weighted by Crippen LogP contribution is 2.34. The molecule has 22 heavy (non-hydrogen) atoms. The highest BCUT2D eigenvalue weighted by atomic mass is 32.2. The third-order valence-corrected chi connectivity index (χ3v) is 4.61. The first-order chi connectivity index (χ1) is 10.6. The van der Waals surface area contributed by atoms with Crippen molar-refractivity contribution >= 4 is 51.5 Å². The van der Waals surface area contributed by atoms with Gasteiger partial charge >= 0.3 is 5.00 Å². The fourth-order valence-electron chi connectivity index (χ4n) is 1.96. The van der Waals surface area contributed by atoms with E-state index in [9.17, 15) is 14.9 Å². The third kappa shape index (κ3) is 2.72. The standard InChI is InChI=1S/C13H10N4O3S2/c1-2-21-13-14-6-9-8(12(18)15-11(9)16-13)5-7-3-4-10(22-7)17(19)20/h3-6H,2H2,1H3,(H,14,15,16,18). The van der Waals surface area contributed by atoms with Crippen LogP contribution < -0.4 is 5.32 Å². The number of thiophene rings is 1. The summed E-state index contributed by atoms with van der Waals surface area (Å²) in [6.07, 6.45) is 3.22. The van der Waals surface area contributed by atoms with Crippen molar-refractivity contribution in [3.63, 3.8) is 0 Å². The molecule has 1 aliphatic heterocycles. The number of carbonyl (C=O) groups is 1. The summed E-state index contributed by atoms with van der Waals surface area (Å²) in [7, 11) is 0. The number of thioether (sulfide) groups is 1. The Morgan fingerprint density at radius 3 is 3.00 bits per heavy atom. The SMILES string of the molecule is CCSc1ncc2c(n1)NC(=O)C2=Cc1ccc([N+](=O)[O-])s1. The van der Waals surface area contributed by atoms with Gasteiger partial charge in [0, 0.05) is 22.7 Å². The Balaban J connectivity index is 1.97. The van der Waals surface area contributed by atoms with Crippen LogP contribution in [0.1, 0.15) is 17.4 Å². The topological polar surface area (TPSA) is 98.0 Å². The molecule has 2 aromatic rings. The zero-order chi connectivity index (χ0) is 15.7. The van der Waals surface area contributed by atoms with Crippen molar-refractivity contribution in [3.05, 3.63) is 38.9 Å². The van der Waals surface area contributed by atoms with Gasteiger partial charge < -0.3 is 5.32 Å². The molecular weight excluding hydrogens is 324 g/mol. The van der Waals surface area contributed by atoms with Gasteiger partial charge in [-0.05, 0) is 17.9 Å². The average Bonchev–Trinajstić information content (AvgIpc) is 3.05. The van der Waals surface area contributed by atoms with Gasteiger partial charge in [-0.15, -0.1) is 0 Å². The Hall–Kier alpha value is -2.26. The molecule has 1 amide bonds. The first-order valence-corrected chi connectivity index (χ1v) is 8.16. The van der Waals surface area contributed by atoms with Crippen molar-refractivity contribution in [1.29, 1.82) is 0 Å². The van der Waals surface area contributed by atoms with Gasteiger partial charge in [0.15, 0.2) is 5.16 Å². The van der Waals surface area contributed by atoms with Crippen molar-refractivity contribution in [2.24, 2.45) is 0 Å². The van der Waals surface area contributed by atoms with E-state index in [-0.39, 0.29) is 10.9 Å². The van der Waals surface area contributed by atoms with Crippen LogP contribution in [0.25, 0.3) is 11.6 Å². The predicted molar refractivity (Wildman–Crippen MR) is 85.9 cm³/mol. The minimum Gasteiger partial charge on any atom is -0.306 e. The van der Waals surface area contributed by atoms with Crippen LogP contribution in [0, 0.1) is 10.1 Å². The largest absolute Gasteiger partial charge is 0.324 e. The van der Waals surface area contributed by atoms with Gasteiger partial charge in [0.1, 0.15) is 5.82 Å². The van der Waals surface area contributed by atoms with Crippen molar-refractivity contribution in [3.8, 4) is 0 Å². The maximum absolute atomic E-state index is 12.1. The summed E-state index contributed by atoms with van der Waals surface area (Å²) in [5.74, 6) is 1.04. The second kappa shape index (κ2) is 5.85. The van der Waals surface area contributed by atoms with E-state index in [0.29, 0.717) is 27.0 Å². The Bertz CT molecular complexity index is 800. The molecule has 2 aromatic heterocycles. The fraction of sp³-hybridized carbons (Fsp3) is 0.154. The molecular formula is C13H10N4O3S2. The number of rotatable bonds is 4. The van der Waals surface area contributed by atoms with Crippen LogP contribution >= 0.6 is 23.1 Å². The highest BCUT2D eigenvalue weighted by molar-refractivity contribution is 7.99. The molecule has 9 heteroatoms. The van der Waals surface area contributed by atoms with Crippen LogP contribution in [0.3, 0.4) is 0 Å². The molecule has 0 saturated heterocycles. The van der Waals surface area contributed by atoms with Gasteiger partial charge in [-0.2, -0.15) is 0 Å². The number of nitrogens with one attached hydrogen (secondary N) is 1. The van der Waals surface area contributed by atoms with Crippen LogP contribution in [0.15, 0.2) is 23.5 Å². The lowest BCUT2D eigenvalue weighted by Crippen LogP contribution is -2.04. The second-order valence-corrected chi connectivity index (χ2v) is 6.62. The Morgan fingerprint density at radius 1 is 1.50 bits per heavy atom. The molecule has 1 N–H and O–H groups in total. The van der Waals surface area contributed by atoms with E-state index in [4.69, 9.17) is 0 Å². The normalized spacial score (nSPS) is 15.0. The number of nitro groups is 1. The smallest absolute Gasteiger partial charge is 0.306 e. The third-order valence-electron chi connectivity index (χ3n) is 2.89. The number of anilines is 1. The maximum atomic E-state index is 12.1. The van der Waals surface area contributed by atoms with Crippen LogP contribution in [0.5, 0.6) is 0 Å². The fourth-order valence-corrected chi connectivity index (χ4v) is 3.26. The predicted octanol–water partition coefficient (Wildman–Crippen LogP) is 3.05. The van der Waals surface area contributed by atoms with Gasteiger partial charge in [-0.3, -0.25) is 14.9 Å². The van der Waals surface area contributed by atoms with Gasteiger partial charge in [0.2, 0.25) is 0 Å². The molecule has 112 valence electrons. The Morgan fingerprint density at radius 2 is 2.32 bits per heavy atom. The van der Waals surface area contributed by atoms with E-state index in [0.717, 1.165) is 17.1 Å². The minimum atomic E-state index is -0.452. The van der Waals surface area contributed by atoms with Crippen molar-refractivity contribution < 1.29 is 9.72 Å². The van der Waals surface area contributed by atoms with Crippen LogP contribution in [-0.2, 0) is 4.79 Å². The van der Waals surface area contributed by atoms with Crippen LogP contribution in [0.4, 0.5) is 10.8 Å². The Labute approximate surface area is 133 Å². The summed E-state index contributed by atoms with van der Waals surface area (Å²) in [4.78, 5) is 31.5. The molecule has 1 aliphatic rings. The summed E-state index contributed by atoms with van der Waals surface area (Å²) in [6, 6.07) is 3.03. The summed E-state index contributed by atoms with van der Waals surface area (Å²) >= 11 is 2.50. The molecule has 7 nitrogen and oxygen atoms in total. The number of aromatic nitrogens is 2. The number of hydrogen-bond donors (Lipinski definition) is 1. The molecule has 3 heterocycles. The lowest BCUT2D eigenvalue weighted by Gasteiger charge is -2.00. The molecule has 0 saturated carbocycles. The monoisotopic (exact) mass is 334 g/mol. The van der Waals surface area contributed by atoms with E-state index in [1.807, 2.05) is 6.92 Å². The van der Waals surface area contributed by atoms with Gasteiger partial charge in [-0.1, -0.05) is 30.0 Å². The van der Waals surface area contributed by atoms with Crippen LogP contribution in [0.2, 0.25) is 0 Å². The van der Waals surface area contributed by atoms with Gasteiger partial charge in [0.25, 0.3) is 5.91 Å². The van der Waals surface area contributed by atoms with Gasteiger partial charge in [-0.25, -0.2) is 9.97 Å². The summed E-state index contributed by atoms with van der Waals surface area (Å²) in [5.41, 5.74) is 1.03. The summed E-state index contributed by atoms with van der Waals surface area (Å²) in [5, 5.41) is 14.0. The summed E-state index contributed by atoms with van der Waals surface area (Å²) < 4.78 is 0. The number of nitrogens with zero attached hydrogens (tertiary/aromatic N) is 3. The maximum Gasteiger partial charge on any atom is 0.324 e. The van der Waals surface area contributed by atoms with Gasteiger partial charge in [0.05, 0.1) is 10.5 Å². The molecule has 0 radical (unpaired) electrons. The molecule has 0 bridgehead atoms. The van der Waals surface area contributed by atoms with Crippen LogP contribution in [-0.4, -0.2) is 26.6 Å². The number of fused-ring (bicyclic) bond motifs is 1. The minimum absolute atomic E-state index is 0.0384. The molecule has 0 unspecified atom stereocenters. The van der Waals surface area contributed by atoms with Crippen molar-refractivity contribution in [1.82, 2.24) is 9.97 Å².